The second kappa shape index (κ2) is 13.5. The van der Waals surface area contributed by atoms with Gasteiger partial charge < -0.3 is 10.2 Å². The van der Waals surface area contributed by atoms with Gasteiger partial charge in [0, 0.05) is 18.1 Å². The normalized spacial score (nSPS) is 12.2. The molecule has 0 aliphatic carbocycles. The lowest BCUT2D eigenvalue weighted by Crippen LogP contribution is -2.52. The topological polar surface area (TPSA) is 86.8 Å². The predicted molar refractivity (Wildman–Crippen MR) is 147 cm³/mol. The predicted octanol–water partition coefficient (Wildman–Crippen LogP) is 5.44. The first kappa shape index (κ1) is 30.2. The molecule has 2 aromatic rings. The third kappa shape index (κ3) is 8.26. The van der Waals surface area contributed by atoms with Gasteiger partial charge in [0.2, 0.25) is 21.8 Å². The van der Waals surface area contributed by atoms with E-state index in [1.807, 2.05) is 6.92 Å². The van der Waals surface area contributed by atoms with Crippen molar-refractivity contribution >= 4 is 62.3 Å². The molecule has 7 nitrogen and oxygen atoms in total. The molecule has 2 rings (SSSR count). The summed E-state index contributed by atoms with van der Waals surface area (Å²) >= 11 is 18.4. The van der Waals surface area contributed by atoms with Crippen LogP contribution in [0.3, 0.4) is 0 Å². The van der Waals surface area contributed by atoms with E-state index in [0.717, 1.165) is 29.0 Å². The van der Waals surface area contributed by atoms with Crippen LogP contribution >= 0.6 is 34.8 Å². The third-order valence-corrected chi connectivity index (χ3v) is 7.96. The van der Waals surface area contributed by atoms with Crippen molar-refractivity contribution in [1.29, 1.82) is 0 Å². The Morgan fingerprint density at radius 3 is 2.25 bits per heavy atom. The maximum atomic E-state index is 13.7. The molecule has 0 aromatic heterocycles. The molecule has 1 atom stereocenters. The van der Waals surface area contributed by atoms with E-state index in [1.54, 1.807) is 44.2 Å². The second-order valence-corrected chi connectivity index (χ2v) is 11.7. The van der Waals surface area contributed by atoms with Gasteiger partial charge in [-0.3, -0.25) is 13.9 Å². The molecule has 0 unspecified atom stereocenters. The summed E-state index contributed by atoms with van der Waals surface area (Å²) in [5.41, 5.74) is 1.69. The van der Waals surface area contributed by atoms with Crippen molar-refractivity contribution in [3.63, 3.8) is 0 Å². The molecule has 2 amide bonds. The molecule has 0 saturated carbocycles. The number of carbonyl (C=O) groups is 2. The van der Waals surface area contributed by atoms with Gasteiger partial charge in [-0.1, -0.05) is 67.2 Å². The standard InChI is InChI=1S/C25H32Cl3N3O4S/c1-5-7-12-29-25(33)23(6-2)30(15-18-9-11-20(26)22(28)13-18)24(32)16-31(36(4,34)35)19-10-8-17(3)21(27)14-19/h8-11,13-14,23H,5-7,12,15-16H2,1-4H3,(H,29,33)/t23-/m0/s1. The average molecular weight is 577 g/mol. The molecule has 0 bridgehead atoms. The summed E-state index contributed by atoms with van der Waals surface area (Å²) in [7, 11) is -3.84. The Hall–Kier alpha value is -2.00. The molecular weight excluding hydrogens is 545 g/mol. The van der Waals surface area contributed by atoms with E-state index in [1.165, 1.54) is 11.0 Å². The summed E-state index contributed by atoms with van der Waals surface area (Å²) < 4.78 is 26.3. The van der Waals surface area contributed by atoms with Crippen LogP contribution in [0.4, 0.5) is 5.69 Å². The lowest BCUT2D eigenvalue weighted by molar-refractivity contribution is -0.140. The van der Waals surface area contributed by atoms with Crippen LogP contribution in [0.25, 0.3) is 0 Å². The van der Waals surface area contributed by atoms with E-state index >= 15 is 0 Å². The van der Waals surface area contributed by atoms with Crippen molar-refractivity contribution in [2.75, 3.05) is 23.7 Å². The first-order valence-electron chi connectivity index (χ1n) is 11.6. The van der Waals surface area contributed by atoms with Gasteiger partial charge in [-0.2, -0.15) is 0 Å². The Morgan fingerprint density at radius 1 is 1.00 bits per heavy atom. The maximum absolute atomic E-state index is 13.7. The summed E-state index contributed by atoms with van der Waals surface area (Å²) in [6.45, 7) is 5.63. The fourth-order valence-corrected chi connectivity index (χ4v) is 4.95. The zero-order valence-corrected chi connectivity index (χ0v) is 23.9. The number of aryl methyl sites for hydroxylation is 1. The van der Waals surface area contributed by atoms with Crippen LogP contribution in [0, 0.1) is 6.92 Å². The molecule has 1 N–H and O–H groups in total. The molecule has 0 fully saturated rings. The largest absolute Gasteiger partial charge is 0.354 e. The van der Waals surface area contributed by atoms with Crippen molar-refractivity contribution in [3.8, 4) is 0 Å². The van der Waals surface area contributed by atoms with E-state index in [2.05, 4.69) is 5.32 Å². The molecule has 0 aliphatic heterocycles. The van der Waals surface area contributed by atoms with Crippen LogP contribution < -0.4 is 9.62 Å². The Kier molecular flexibility index (Phi) is 11.3. The van der Waals surface area contributed by atoms with Gasteiger partial charge in [0.25, 0.3) is 0 Å². The highest BCUT2D eigenvalue weighted by atomic mass is 35.5. The number of hydrogen-bond acceptors (Lipinski definition) is 4. The first-order chi connectivity index (χ1) is 16.9. The van der Waals surface area contributed by atoms with Crippen molar-refractivity contribution in [2.24, 2.45) is 0 Å². The van der Waals surface area contributed by atoms with E-state index in [-0.39, 0.29) is 18.1 Å². The molecule has 0 heterocycles. The molecule has 0 saturated heterocycles. The van der Waals surface area contributed by atoms with Crippen molar-refractivity contribution in [1.82, 2.24) is 10.2 Å². The van der Waals surface area contributed by atoms with Gasteiger partial charge in [0.15, 0.2) is 0 Å². The Bertz CT molecular complexity index is 1190. The summed E-state index contributed by atoms with van der Waals surface area (Å²) in [6.07, 6.45) is 3.07. The van der Waals surface area contributed by atoms with Gasteiger partial charge >= 0.3 is 0 Å². The van der Waals surface area contributed by atoms with Crippen molar-refractivity contribution in [2.45, 2.75) is 52.6 Å². The number of nitrogens with zero attached hydrogens (tertiary/aromatic N) is 2. The van der Waals surface area contributed by atoms with Crippen molar-refractivity contribution in [3.05, 3.63) is 62.6 Å². The van der Waals surface area contributed by atoms with Crippen LogP contribution in [0.15, 0.2) is 36.4 Å². The average Bonchev–Trinajstić information content (AvgIpc) is 2.80. The third-order valence-electron chi connectivity index (χ3n) is 5.68. The summed E-state index contributed by atoms with van der Waals surface area (Å²) in [4.78, 5) is 28.1. The molecule has 198 valence electrons. The monoisotopic (exact) mass is 575 g/mol. The fraction of sp³-hybridized carbons (Fsp3) is 0.440. The van der Waals surface area contributed by atoms with E-state index in [0.29, 0.717) is 33.6 Å². The number of sulfonamides is 1. The zero-order chi connectivity index (χ0) is 27.0. The van der Waals surface area contributed by atoms with Crippen LogP contribution in [-0.4, -0.2) is 50.5 Å². The molecular formula is C25H32Cl3N3O4S. The lowest BCUT2D eigenvalue weighted by Gasteiger charge is -2.33. The van der Waals surface area contributed by atoms with Gasteiger partial charge in [-0.25, -0.2) is 8.42 Å². The number of carbonyl (C=O) groups excluding carboxylic acids is 2. The molecule has 11 heteroatoms. The first-order valence-corrected chi connectivity index (χ1v) is 14.6. The minimum Gasteiger partial charge on any atom is -0.354 e. The highest BCUT2D eigenvalue weighted by Crippen LogP contribution is 2.27. The number of halogens is 3. The van der Waals surface area contributed by atoms with Crippen LogP contribution in [0.2, 0.25) is 15.1 Å². The van der Waals surface area contributed by atoms with Gasteiger partial charge in [-0.15, -0.1) is 0 Å². The Labute approximate surface area is 228 Å². The zero-order valence-electron chi connectivity index (χ0n) is 20.9. The highest BCUT2D eigenvalue weighted by molar-refractivity contribution is 7.92. The molecule has 2 aromatic carbocycles. The van der Waals surface area contributed by atoms with Gasteiger partial charge in [0.1, 0.15) is 12.6 Å². The minimum atomic E-state index is -3.84. The van der Waals surface area contributed by atoms with Crippen LogP contribution in [0.5, 0.6) is 0 Å². The summed E-state index contributed by atoms with van der Waals surface area (Å²) in [5.74, 6) is -0.843. The number of unbranched alkanes of at least 4 members (excludes halogenated alkanes) is 1. The SMILES string of the molecule is CCCCNC(=O)[C@H](CC)N(Cc1ccc(Cl)c(Cl)c1)C(=O)CN(c1ccc(C)c(Cl)c1)S(C)(=O)=O. The number of amides is 2. The number of anilines is 1. The maximum Gasteiger partial charge on any atom is 0.244 e. The minimum absolute atomic E-state index is 0.0433. The van der Waals surface area contributed by atoms with E-state index in [9.17, 15) is 18.0 Å². The van der Waals surface area contributed by atoms with E-state index < -0.39 is 28.5 Å². The smallest absolute Gasteiger partial charge is 0.244 e. The van der Waals surface area contributed by atoms with Gasteiger partial charge in [0.05, 0.1) is 22.0 Å². The Balaban J connectivity index is 2.45. The number of nitrogens with one attached hydrogen (secondary N) is 1. The summed E-state index contributed by atoms with van der Waals surface area (Å²) in [6, 6.07) is 8.92. The number of benzene rings is 2. The molecule has 36 heavy (non-hydrogen) atoms. The van der Waals surface area contributed by atoms with Crippen molar-refractivity contribution < 1.29 is 18.0 Å². The molecule has 0 aliphatic rings. The highest BCUT2D eigenvalue weighted by Gasteiger charge is 2.31. The van der Waals surface area contributed by atoms with Crippen LogP contribution in [-0.2, 0) is 26.2 Å². The van der Waals surface area contributed by atoms with Crippen LogP contribution in [0.1, 0.15) is 44.2 Å². The molecule has 0 spiro atoms. The lowest BCUT2D eigenvalue weighted by atomic mass is 10.1. The second-order valence-electron chi connectivity index (χ2n) is 8.54. The molecule has 0 radical (unpaired) electrons. The number of hydrogen-bond donors (Lipinski definition) is 1. The van der Waals surface area contributed by atoms with E-state index in [4.69, 9.17) is 34.8 Å². The summed E-state index contributed by atoms with van der Waals surface area (Å²) in [5, 5.41) is 3.93. The number of rotatable bonds is 12. The quantitative estimate of drug-likeness (QED) is 0.341. The Morgan fingerprint density at radius 2 is 1.69 bits per heavy atom. The van der Waals surface area contributed by atoms with Gasteiger partial charge in [-0.05, 0) is 55.2 Å². The fourth-order valence-electron chi connectivity index (χ4n) is 3.61.